The lowest BCUT2D eigenvalue weighted by Gasteiger charge is -2.26. The summed E-state index contributed by atoms with van der Waals surface area (Å²) in [4.78, 5) is 25.4. The molecule has 0 saturated carbocycles. The number of carbonyl (C=O) groups excluding carboxylic acids is 1. The molecule has 0 aliphatic carbocycles. The quantitative estimate of drug-likeness (QED) is 0.634. The number of hydrogen-bond donors (Lipinski definition) is 1. The van der Waals surface area contributed by atoms with Crippen LogP contribution in [0.25, 0.3) is 0 Å². The number of benzene rings is 2. The molecule has 2 aromatic carbocycles. The maximum atomic E-state index is 12.3. The minimum absolute atomic E-state index is 0.0203. The summed E-state index contributed by atoms with van der Waals surface area (Å²) in [5.74, 6) is -0.255. The molecule has 0 spiro atoms. The molecule has 0 atom stereocenters. The number of nitro benzene ring substituents is 1. The number of piperidine rings is 1. The van der Waals surface area contributed by atoms with Gasteiger partial charge in [0, 0.05) is 23.9 Å². The second-order valence-electron chi connectivity index (χ2n) is 6.65. The molecule has 1 fully saturated rings. The Hall–Kier alpha value is -2.73. The van der Waals surface area contributed by atoms with E-state index in [0.717, 1.165) is 30.9 Å². The SMILES string of the molecule is O=C(Cc1ccccc1[N+](=O)[O-])Nc1cccc(CN2CCCCC2)c1. The average Bonchev–Trinajstić information content (AvgIpc) is 2.63. The number of nitrogens with one attached hydrogen (secondary N) is 1. The fourth-order valence-corrected chi connectivity index (χ4v) is 3.34. The van der Waals surface area contributed by atoms with E-state index in [9.17, 15) is 14.9 Å². The highest BCUT2D eigenvalue weighted by Gasteiger charge is 2.16. The van der Waals surface area contributed by atoms with Crippen molar-refractivity contribution in [1.82, 2.24) is 4.90 Å². The average molecular weight is 353 g/mol. The number of rotatable bonds is 6. The first kappa shape index (κ1) is 18.1. The van der Waals surface area contributed by atoms with Gasteiger partial charge in [-0.3, -0.25) is 19.8 Å². The second-order valence-corrected chi connectivity index (χ2v) is 6.65. The number of likely N-dealkylation sites (tertiary alicyclic amines) is 1. The van der Waals surface area contributed by atoms with E-state index in [1.807, 2.05) is 18.2 Å². The van der Waals surface area contributed by atoms with Crippen molar-refractivity contribution in [2.24, 2.45) is 0 Å². The number of para-hydroxylation sites is 1. The minimum atomic E-state index is -0.456. The predicted molar refractivity (Wildman–Crippen MR) is 101 cm³/mol. The fourth-order valence-electron chi connectivity index (χ4n) is 3.34. The highest BCUT2D eigenvalue weighted by molar-refractivity contribution is 5.92. The standard InChI is InChI=1S/C20H23N3O3/c24-20(14-17-8-2-3-10-19(17)23(25)26)21-18-9-6-7-16(13-18)15-22-11-4-1-5-12-22/h2-3,6-10,13H,1,4-5,11-12,14-15H2,(H,21,24). The van der Waals surface area contributed by atoms with Gasteiger partial charge >= 0.3 is 0 Å². The summed E-state index contributed by atoms with van der Waals surface area (Å²) >= 11 is 0. The smallest absolute Gasteiger partial charge is 0.273 e. The molecule has 26 heavy (non-hydrogen) atoms. The Kier molecular flexibility index (Phi) is 5.96. The number of amides is 1. The largest absolute Gasteiger partial charge is 0.326 e. The number of nitro groups is 1. The summed E-state index contributed by atoms with van der Waals surface area (Å²) in [6, 6.07) is 14.2. The molecule has 1 aliphatic heterocycles. The summed E-state index contributed by atoms with van der Waals surface area (Å²) in [7, 11) is 0. The Morgan fingerprint density at radius 2 is 1.85 bits per heavy atom. The van der Waals surface area contributed by atoms with Crippen LogP contribution in [0.2, 0.25) is 0 Å². The molecular weight excluding hydrogens is 330 g/mol. The summed E-state index contributed by atoms with van der Waals surface area (Å²) in [5, 5.41) is 13.9. The van der Waals surface area contributed by atoms with Crippen molar-refractivity contribution in [3.63, 3.8) is 0 Å². The van der Waals surface area contributed by atoms with Gasteiger partial charge in [-0.25, -0.2) is 0 Å². The Morgan fingerprint density at radius 1 is 1.08 bits per heavy atom. The van der Waals surface area contributed by atoms with Crippen molar-refractivity contribution in [3.05, 3.63) is 69.8 Å². The Morgan fingerprint density at radius 3 is 2.62 bits per heavy atom. The minimum Gasteiger partial charge on any atom is -0.326 e. The van der Waals surface area contributed by atoms with E-state index >= 15 is 0 Å². The third-order valence-corrected chi connectivity index (χ3v) is 4.60. The van der Waals surface area contributed by atoms with Crippen molar-refractivity contribution in [2.45, 2.75) is 32.2 Å². The molecule has 1 N–H and O–H groups in total. The highest BCUT2D eigenvalue weighted by Crippen LogP contribution is 2.20. The topological polar surface area (TPSA) is 75.5 Å². The first-order valence-corrected chi connectivity index (χ1v) is 8.95. The Labute approximate surface area is 153 Å². The molecule has 0 bridgehead atoms. The molecule has 6 heteroatoms. The van der Waals surface area contributed by atoms with Gasteiger partial charge in [0.2, 0.25) is 5.91 Å². The third-order valence-electron chi connectivity index (χ3n) is 4.60. The molecule has 1 saturated heterocycles. The van der Waals surface area contributed by atoms with Crippen molar-refractivity contribution in [1.29, 1.82) is 0 Å². The molecule has 1 amide bonds. The van der Waals surface area contributed by atoms with Gasteiger partial charge in [0.1, 0.15) is 0 Å². The van der Waals surface area contributed by atoms with E-state index in [0.29, 0.717) is 5.56 Å². The molecule has 0 unspecified atom stereocenters. The Bertz CT molecular complexity index is 785. The Balaban J connectivity index is 1.62. The number of anilines is 1. The van der Waals surface area contributed by atoms with Crippen molar-refractivity contribution < 1.29 is 9.72 Å². The van der Waals surface area contributed by atoms with Gasteiger partial charge in [0.25, 0.3) is 5.69 Å². The van der Waals surface area contributed by atoms with E-state index in [1.165, 1.54) is 25.3 Å². The molecule has 0 radical (unpaired) electrons. The van der Waals surface area contributed by atoms with Crippen molar-refractivity contribution >= 4 is 17.3 Å². The van der Waals surface area contributed by atoms with Crippen molar-refractivity contribution in [3.8, 4) is 0 Å². The molecule has 1 aliphatic rings. The van der Waals surface area contributed by atoms with E-state index in [1.54, 1.807) is 18.2 Å². The van der Waals surface area contributed by atoms with Crippen LogP contribution in [0.5, 0.6) is 0 Å². The summed E-state index contributed by atoms with van der Waals surface area (Å²) < 4.78 is 0. The van der Waals surface area contributed by atoms with Crippen LogP contribution >= 0.6 is 0 Å². The van der Waals surface area contributed by atoms with Gasteiger partial charge in [-0.1, -0.05) is 36.8 Å². The van der Waals surface area contributed by atoms with E-state index in [2.05, 4.69) is 16.3 Å². The molecule has 136 valence electrons. The lowest BCUT2D eigenvalue weighted by Crippen LogP contribution is -2.29. The number of nitrogens with zero attached hydrogens (tertiary/aromatic N) is 2. The molecule has 3 rings (SSSR count). The zero-order valence-electron chi connectivity index (χ0n) is 14.7. The summed E-state index contributed by atoms with van der Waals surface area (Å²) in [5.41, 5.74) is 2.28. The summed E-state index contributed by atoms with van der Waals surface area (Å²) in [6.07, 6.45) is 3.77. The zero-order chi connectivity index (χ0) is 18.4. The van der Waals surface area contributed by atoms with Crippen LogP contribution in [-0.2, 0) is 17.8 Å². The molecule has 6 nitrogen and oxygen atoms in total. The van der Waals surface area contributed by atoms with Gasteiger partial charge in [0.05, 0.1) is 11.3 Å². The predicted octanol–water partition coefficient (Wildman–Crippen LogP) is 3.76. The zero-order valence-corrected chi connectivity index (χ0v) is 14.7. The first-order valence-electron chi connectivity index (χ1n) is 8.95. The first-order chi connectivity index (χ1) is 12.6. The highest BCUT2D eigenvalue weighted by atomic mass is 16.6. The van der Waals surface area contributed by atoms with Crippen LogP contribution in [0.1, 0.15) is 30.4 Å². The van der Waals surface area contributed by atoms with E-state index < -0.39 is 4.92 Å². The molecule has 1 heterocycles. The van der Waals surface area contributed by atoms with Crippen LogP contribution in [0.15, 0.2) is 48.5 Å². The molecule has 2 aromatic rings. The monoisotopic (exact) mass is 353 g/mol. The van der Waals surface area contributed by atoms with Gasteiger partial charge < -0.3 is 5.32 Å². The summed E-state index contributed by atoms with van der Waals surface area (Å²) in [6.45, 7) is 3.12. The fraction of sp³-hybridized carbons (Fsp3) is 0.350. The van der Waals surface area contributed by atoms with Crippen LogP contribution in [0.3, 0.4) is 0 Å². The lowest BCUT2D eigenvalue weighted by atomic mass is 10.1. The van der Waals surface area contributed by atoms with Crippen LogP contribution < -0.4 is 5.32 Å². The lowest BCUT2D eigenvalue weighted by molar-refractivity contribution is -0.385. The van der Waals surface area contributed by atoms with Gasteiger partial charge in [-0.2, -0.15) is 0 Å². The normalized spacial score (nSPS) is 14.8. The van der Waals surface area contributed by atoms with Crippen LogP contribution in [-0.4, -0.2) is 28.8 Å². The number of carbonyl (C=O) groups is 1. The number of hydrogen-bond acceptors (Lipinski definition) is 4. The van der Waals surface area contributed by atoms with E-state index in [4.69, 9.17) is 0 Å². The van der Waals surface area contributed by atoms with Gasteiger partial charge in [-0.15, -0.1) is 0 Å². The van der Waals surface area contributed by atoms with Gasteiger partial charge in [-0.05, 0) is 43.6 Å². The molecular formula is C20H23N3O3. The van der Waals surface area contributed by atoms with Gasteiger partial charge in [0.15, 0.2) is 0 Å². The maximum Gasteiger partial charge on any atom is 0.273 e. The van der Waals surface area contributed by atoms with Crippen LogP contribution in [0, 0.1) is 10.1 Å². The van der Waals surface area contributed by atoms with E-state index in [-0.39, 0.29) is 18.0 Å². The van der Waals surface area contributed by atoms with Crippen molar-refractivity contribution in [2.75, 3.05) is 18.4 Å². The third kappa shape index (κ3) is 4.89. The maximum absolute atomic E-state index is 12.3. The van der Waals surface area contributed by atoms with Crippen LogP contribution in [0.4, 0.5) is 11.4 Å². The second kappa shape index (κ2) is 8.58. The molecule has 0 aromatic heterocycles.